The molecule has 0 saturated carbocycles. The van der Waals surface area contributed by atoms with E-state index in [2.05, 4.69) is 21.5 Å². The molecule has 16 heavy (non-hydrogen) atoms. The van der Waals surface area contributed by atoms with E-state index in [9.17, 15) is 0 Å². The minimum Gasteiger partial charge on any atom is -0.370 e. The summed E-state index contributed by atoms with van der Waals surface area (Å²) in [6.07, 6.45) is 8.90. The molecule has 0 radical (unpaired) electrons. The Morgan fingerprint density at radius 2 is 2.12 bits per heavy atom. The summed E-state index contributed by atoms with van der Waals surface area (Å²) in [4.78, 5) is 7.89. The van der Waals surface area contributed by atoms with E-state index in [1.807, 2.05) is 17.8 Å². The third-order valence-electron chi connectivity index (χ3n) is 2.21. The predicted octanol–water partition coefficient (Wildman–Crippen LogP) is 3.47. The zero-order valence-electron chi connectivity index (χ0n) is 9.58. The van der Waals surface area contributed by atoms with Crippen molar-refractivity contribution >= 4 is 29.2 Å². The molecule has 90 valence electrons. The molecule has 1 rings (SSSR count). The summed E-state index contributed by atoms with van der Waals surface area (Å²) >= 11 is 7.59. The second-order valence-electron chi connectivity index (χ2n) is 3.54. The van der Waals surface area contributed by atoms with Crippen LogP contribution in [0.5, 0.6) is 0 Å². The first-order chi connectivity index (χ1) is 7.83. The van der Waals surface area contributed by atoms with Gasteiger partial charge in [-0.15, -0.1) is 0 Å². The third-order valence-corrected chi connectivity index (χ3v) is 3.09. The van der Waals surface area contributed by atoms with Gasteiger partial charge in [0.25, 0.3) is 0 Å². The summed E-state index contributed by atoms with van der Waals surface area (Å²) in [5.41, 5.74) is 0. The Balaban J connectivity index is 2.03. The van der Waals surface area contributed by atoms with Crippen LogP contribution in [0.25, 0.3) is 0 Å². The molecule has 0 fully saturated rings. The fourth-order valence-electron chi connectivity index (χ4n) is 1.37. The zero-order valence-corrected chi connectivity index (χ0v) is 11.2. The topological polar surface area (TPSA) is 37.8 Å². The van der Waals surface area contributed by atoms with Gasteiger partial charge in [0.2, 0.25) is 5.28 Å². The standard InChI is InChI=1S/C11H18ClN3S/c1-16-9-5-3-2-4-7-13-10-6-8-14-11(12)15-10/h6,8H,2-5,7,9H2,1H3,(H,13,14,15). The first-order valence-corrected chi connectivity index (χ1v) is 7.31. The highest BCUT2D eigenvalue weighted by molar-refractivity contribution is 7.98. The molecular formula is C11H18ClN3S. The molecule has 1 aromatic rings. The SMILES string of the molecule is CSCCCCCCNc1ccnc(Cl)n1. The lowest BCUT2D eigenvalue weighted by Crippen LogP contribution is -2.03. The first-order valence-electron chi connectivity index (χ1n) is 5.54. The van der Waals surface area contributed by atoms with Gasteiger partial charge in [0.05, 0.1) is 0 Å². The fraction of sp³-hybridized carbons (Fsp3) is 0.636. The fourth-order valence-corrected chi connectivity index (χ4v) is 2.01. The zero-order chi connectivity index (χ0) is 11.6. The first kappa shape index (κ1) is 13.6. The van der Waals surface area contributed by atoms with Crippen molar-refractivity contribution < 1.29 is 0 Å². The lowest BCUT2D eigenvalue weighted by Gasteiger charge is -2.04. The van der Waals surface area contributed by atoms with E-state index in [0.717, 1.165) is 12.4 Å². The number of unbranched alkanes of at least 4 members (excludes halogenated alkanes) is 3. The molecule has 3 nitrogen and oxygen atoms in total. The molecule has 1 aromatic heterocycles. The summed E-state index contributed by atoms with van der Waals surface area (Å²) in [7, 11) is 0. The summed E-state index contributed by atoms with van der Waals surface area (Å²) in [6, 6.07) is 1.83. The maximum absolute atomic E-state index is 5.68. The summed E-state index contributed by atoms with van der Waals surface area (Å²) in [6.45, 7) is 0.951. The van der Waals surface area contributed by atoms with Crippen LogP contribution in [0.4, 0.5) is 5.82 Å². The van der Waals surface area contributed by atoms with Gasteiger partial charge in [0.15, 0.2) is 0 Å². The molecule has 1 N–H and O–H groups in total. The Hall–Kier alpha value is -0.480. The lowest BCUT2D eigenvalue weighted by molar-refractivity contribution is 0.688. The summed E-state index contributed by atoms with van der Waals surface area (Å²) < 4.78 is 0. The molecular weight excluding hydrogens is 242 g/mol. The Morgan fingerprint density at radius 3 is 2.88 bits per heavy atom. The van der Waals surface area contributed by atoms with Crippen LogP contribution in [0.1, 0.15) is 25.7 Å². The molecule has 5 heteroatoms. The van der Waals surface area contributed by atoms with Crippen molar-refractivity contribution in [3.63, 3.8) is 0 Å². The van der Waals surface area contributed by atoms with Crippen LogP contribution in [-0.4, -0.2) is 28.5 Å². The predicted molar refractivity (Wildman–Crippen MR) is 72.4 cm³/mol. The van der Waals surface area contributed by atoms with Crippen molar-refractivity contribution in [1.82, 2.24) is 9.97 Å². The van der Waals surface area contributed by atoms with Gasteiger partial charge in [0, 0.05) is 12.7 Å². The molecule has 0 aliphatic rings. The van der Waals surface area contributed by atoms with Crippen molar-refractivity contribution in [2.45, 2.75) is 25.7 Å². The van der Waals surface area contributed by atoms with Crippen LogP contribution >= 0.6 is 23.4 Å². The van der Waals surface area contributed by atoms with E-state index in [1.165, 1.54) is 31.4 Å². The molecule has 0 amide bonds. The van der Waals surface area contributed by atoms with Crippen LogP contribution in [0, 0.1) is 0 Å². The van der Waals surface area contributed by atoms with E-state index in [0.29, 0.717) is 5.28 Å². The van der Waals surface area contributed by atoms with Crippen molar-refractivity contribution in [3.05, 3.63) is 17.5 Å². The minimum atomic E-state index is 0.296. The Bertz CT molecular complexity index is 296. The minimum absolute atomic E-state index is 0.296. The highest BCUT2D eigenvalue weighted by Gasteiger charge is 1.95. The van der Waals surface area contributed by atoms with E-state index < -0.39 is 0 Å². The molecule has 0 saturated heterocycles. The third kappa shape index (κ3) is 6.18. The molecule has 0 aliphatic heterocycles. The van der Waals surface area contributed by atoms with Crippen LogP contribution in [0.3, 0.4) is 0 Å². The molecule has 0 spiro atoms. The Labute approximate surface area is 106 Å². The number of nitrogens with one attached hydrogen (secondary N) is 1. The second kappa shape index (κ2) is 8.65. The van der Waals surface area contributed by atoms with Gasteiger partial charge in [-0.3, -0.25) is 0 Å². The lowest BCUT2D eigenvalue weighted by atomic mass is 10.2. The average Bonchev–Trinajstić information content (AvgIpc) is 2.28. The van der Waals surface area contributed by atoms with Crippen LogP contribution in [0.15, 0.2) is 12.3 Å². The number of aromatic nitrogens is 2. The van der Waals surface area contributed by atoms with E-state index in [-0.39, 0.29) is 0 Å². The smallest absolute Gasteiger partial charge is 0.224 e. The summed E-state index contributed by atoms with van der Waals surface area (Å²) in [5.74, 6) is 2.08. The maximum atomic E-state index is 5.68. The molecule has 0 atom stereocenters. The largest absolute Gasteiger partial charge is 0.370 e. The molecule has 1 heterocycles. The van der Waals surface area contributed by atoms with Crippen LogP contribution in [0.2, 0.25) is 5.28 Å². The number of thioether (sulfide) groups is 1. The highest BCUT2D eigenvalue weighted by Crippen LogP contribution is 2.07. The van der Waals surface area contributed by atoms with E-state index in [1.54, 1.807) is 6.20 Å². The molecule has 0 bridgehead atoms. The normalized spacial score (nSPS) is 10.4. The quantitative estimate of drug-likeness (QED) is 0.573. The number of anilines is 1. The van der Waals surface area contributed by atoms with Crippen molar-refractivity contribution in [3.8, 4) is 0 Å². The number of halogens is 1. The van der Waals surface area contributed by atoms with Gasteiger partial charge in [-0.1, -0.05) is 12.8 Å². The van der Waals surface area contributed by atoms with E-state index in [4.69, 9.17) is 11.6 Å². The summed E-state index contributed by atoms with van der Waals surface area (Å²) in [5, 5.41) is 3.53. The van der Waals surface area contributed by atoms with Crippen LogP contribution in [-0.2, 0) is 0 Å². The Kier molecular flexibility index (Phi) is 7.34. The number of hydrogen-bond acceptors (Lipinski definition) is 4. The van der Waals surface area contributed by atoms with Crippen molar-refractivity contribution in [2.24, 2.45) is 0 Å². The Morgan fingerprint density at radius 1 is 1.31 bits per heavy atom. The van der Waals surface area contributed by atoms with Gasteiger partial charge in [-0.2, -0.15) is 11.8 Å². The van der Waals surface area contributed by atoms with Crippen molar-refractivity contribution in [1.29, 1.82) is 0 Å². The van der Waals surface area contributed by atoms with Gasteiger partial charge in [-0.25, -0.2) is 9.97 Å². The van der Waals surface area contributed by atoms with Gasteiger partial charge in [0.1, 0.15) is 5.82 Å². The molecule has 0 aromatic carbocycles. The average molecular weight is 260 g/mol. The second-order valence-corrected chi connectivity index (χ2v) is 4.87. The van der Waals surface area contributed by atoms with Crippen molar-refractivity contribution in [2.75, 3.05) is 23.9 Å². The number of nitrogens with zero attached hydrogens (tertiary/aromatic N) is 2. The van der Waals surface area contributed by atoms with Gasteiger partial charge >= 0.3 is 0 Å². The van der Waals surface area contributed by atoms with Gasteiger partial charge < -0.3 is 5.32 Å². The van der Waals surface area contributed by atoms with Gasteiger partial charge in [-0.05, 0) is 42.5 Å². The maximum Gasteiger partial charge on any atom is 0.224 e. The number of rotatable bonds is 8. The molecule has 0 aliphatic carbocycles. The monoisotopic (exact) mass is 259 g/mol. The van der Waals surface area contributed by atoms with Crippen LogP contribution < -0.4 is 5.32 Å². The highest BCUT2D eigenvalue weighted by atomic mass is 35.5. The van der Waals surface area contributed by atoms with E-state index >= 15 is 0 Å². The number of hydrogen-bond donors (Lipinski definition) is 1. The molecule has 0 unspecified atom stereocenters.